The number of phenolic OH excluding ortho intramolecular Hbond substituents is 1. The van der Waals surface area contributed by atoms with Crippen molar-refractivity contribution in [3.05, 3.63) is 28.7 Å². The monoisotopic (exact) mass is 339 g/mol. The molecule has 1 heterocycles. The molecule has 1 aromatic rings. The molecule has 0 aromatic heterocycles. The summed E-state index contributed by atoms with van der Waals surface area (Å²) < 4.78 is 5.21. The summed E-state index contributed by atoms with van der Waals surface area (Å²) >= 11 is 6.12. The van der Waals surface area contributed by atoms with Crippen LogP contribution < -0.4 is 4.74 Å². The highest BCUT2D eigenvalue weighted by Gasteiger charge is 2.38. The second kappa shape index (κ2) is 6.37. The molecule has 1 aromatic carbocycles. The number of rotatable bonds is 4. The Labute approximate surface area is 136 Å². The van der Waals surface area contributed by atoms with E-state index in [-0.39, 0.29) is 15.8 Å². The van der Waals surface area contributed by atoms with Gasteiger partial charge in [-0.25, -0.2) is 4.79 Å². The molecule has 0 unspecified atom stereocenters. The summed E-state index contributed by atoms with van der Waals surface area (Å²) in [5.41, 5.74) is 0.637. The van der Waals surface area contributed by atoms with Crippen molar-refractivity contribution in [2.75, 3.05) is 7.11 Å². The number of nitrogens with zero attached hydrogens (tertiary/aromatic N) is 1. The van der Waals surface area contributed by atoms with Crippen LogP contribution >= 0.6 is 24.0 Å². The fourth-order valence-electron chi connectivity index (χ4n) is 1.86. The summed E-state index contributed by atoms with van der Waals surface area (Å²) in [6, 6.07) is 3.62. The van der Waals surface area contributed by atoms with Crippen molar-refractivity contribution >= 4 is 46.3 Å². The number of benzene rings is 1. The normalized spacial score (nSPS) is 17.9. The van der Waals surface area contributed by atoms with Crippen molar-refractivity contribution in [3.8, 4) is 11.5 Å². The third-order valence-electron chi connectivity index (χ3n) is 3.07. The van der Waals surface area contributed by atoms with E-state index in [1.165, 1.54) is 20.1 Å². The van der Waals surface area contributed by atoms with Crippen LogP contribution in [0.1, 0.15) is 12.5 Å². The van der Waals surface area contributed by atoms with E-state index in [1.807, 2.05) is 0 Å². The Kier molecular flexibility index (Phi) is 4.72. The van der Waals surface area contributed by atoms with Gasteiger partial charge in [0.25, 0.3) is 5.91 Å². The topological polar surface area (TPSA) is 87.1 Å². The van der Waals surface area contributed by atoms with E-state index in [1.54, 1.807) is 18.2 Å². The van der Waals surface area contributed by atoms with Crippen molar-refractivity contribution in [1.29, 1.82) is 0 Å². The van der Waals surface area contributed by atoms with Gasteiger partial charge in [-0.05, 0) is 30.7 Å². The largest absolute Gasteiger partial charge is 0.504 e. The van der Waals surface area contributed by atoms with E-state index < -0.39 is 17.9 Å². The van der Waals surface area contributed by atoms with Gasteiger partial charge in [-0.2, -0.15) is 0 Å². The first-order chi connectivity index (χ1) is 10.3. The van der Waals surface area contributed by atoms with E-state index >= 15 is 0 Å². The maximum Gasteiger partial charge on any atom is 0.326 e. The average Bonchev–Trinajstić information content (AvgIpc) is 2.74. The number of thioether (sulfide) groups is 1. The van der Waals surface area contributed by atoms with E-state index in [0.29, 0.717) is 10.5 Å². The Balaban J connectivity index is 2.32. The smallest absolute Gasteiger partial charge is 0.326 e. The quantitative estimate of drug-likeness (QED) is 0.641. The summed E-state index contributed by atoms with van der Waals surface area (Å²) in [6.45, 7) is 1.40. The molecule has 1 amide bonds. The first-order valence-corrected chi connectivity index (χ1v) is 7.44. The average molecular weight is 339 g/mol. The number of phenols is 1. The van der Waals surface area contributed by atoms with Gasteiger partial charge in [0.1, 0.15) is 10.4 Å². The second-order valence-corrected chi connectivity index (χ2v) is 6.17. The number of ether oxygens (including phenoxy) is 1. The van der Waals surface area contributed by atoms with Crippen LogP contribution in [0, 0.1) is 0 Å². The van der Waals surface area contributed by atoms with Gasteiger partial charge < -0.3 is 14.9 Å². The van der Waals surface area contributed by atoms with Crippen molar-refractivity contribution in [1.82, 2.24) is 4.90 Å². The van der Waals surface area contributed by atoms with E-state index in [9.17, 15) is 14.7 Å². The van der Waals surface area contributed by atoms with Gasteiger partial charge in [-0.1, -0.05) is 30.0 Å². The molecule has 0 spiro atoms. The minimum Gasteiger partial charge on any atom is -0.504 e. The molecule has 0 bridgehead atoms. The van der Waals surface area contributed by atoms with Gasteiger partial charge >= 0.3 is 5.97 Å². The summed E-state index contributed by atoms with van der Waals surface area (Å²) in [6.07, 6.45) is 1.58. The standard InChI is InChI=1S/C14H13NO5S2/c1-7(13(18)19)15-12(17)11(22-14(15)21)6-8-3-4-9(16)10(5-8)20-2/h3-7,16H,1-2H3,(H,18,19)/b11-6-/t7-/m0/s1. The number of carboxylic acids is 1. The molecule has 1 aliphatic rings. The first-order valence-electron chi connectivity index (χ1n) is 6.22. The molecule has 22 heavy (non-hydrogen) atoms. The van der Waals surface area contributed by atoms with E-state index in [2.05, 4.69) is 0 Å². The molecule has 2 rings (SSSR count). The number of methoxy groups -OCH3 is 1. The summed E-state index contributed by atoms with van der Waals surface area (Å²) in [5.74, 6) is -1.30. The Morgan fingerprint density at radius 1 is 1.50 bits per heavy atom. The van der Waals surface area contributed by atoms with Gasteiger partial charge in [0.2, 0.25) is 0 Å². The molecular formula is C14H13NO5S2. The zero-order valence-electron chi connectivity index (χ0n) is 11.8. The molecular weight excluding hydrogens is 326 g/mol. The van der Waals surface area contributed by atoms with Crippen LogP contribution in [0.5, 0.6) is 11.5 Å². The first kappa shape index (κ1) is 16.3. The van der Waals surface area contributed by atoms with Crippen LogP contribution in [0.3, 0.4) is 0 Å². The number of carbonyl (C=O) groups is 2. The van der Waals surface area contributed by atoms with Crippen LogP contribution in [-0.2, 0) is 9.59 Å². The third kappa shape index (κ3) is 3.07. The number of aliphatic carboxylic acids is 1. The molecule has 1 saturated heterocycles. The van der Waals surface area contributed by atoms with Crippen molar-refractivity contribution < 1.29 is 24.5 Å². The molecule has 0 aliphatic carbocycles. The SMILES string of the molecule is COc1cc(/C=C2\SC(=S)N([C@@H](C)C(=O)O)C2=O)ccc1O. The minimum absolute atomic E-state index is 0.00769. The fraction of sp³-hybridized carbons (Fsp3) is 0.214. The molecule has 2 N–H and O–H groups in total. The molecule has 0 radical (unpaired) electrons. The van der Waals surface area contributed by atoms with Crippen molar-refractivity contribution in [2.45, 2.75) is 13.0 Å². The molecule has 1 atom stereocenters. The molecule has 8 heteroatoms. The van der Waals surface area contributed by atoms with E-state index in [0.717, 1.165) is 16.7 Å². The zero-order valence-corrected chi connectivity index (χ0v) is 13.4. The maximum absolute atomic E-state index is 12.3. The Morgan fingerprint density at radius 2 is 2.18 bits per heavy atom. The number of thiocarbonyl (C=S) groups is 1. The van der Waals surface area contributed by atoms with Crippen LogP contribution in [0.25, 0.3) is 6.08 Å². The summed E-state index contributed by atoms with van der Waals surface area (Å²) in [5, 5.41) is 18.6. The number of hydrogen-bond donors (Lipinski definition) is 2. The lowest BCUT2D eigenvalue weighted by atomic mass is 10.2. The predicted octanol–water partition coefficient (Wildman–Crippen LogP) is 2.08. The predicted molar refractivity (Wildman–Crippen MR) is 86.8 cm³/mol. The molecule has 0 saturated carbocycles. The van der Waals surface area contributed by atoms with Crippen LogP contribution in [0.4, 0.5) is 0 Å². The minimum atomic E-state index is -1.12. The molecule has 1 aliphatic heterocycles. The lowest BCUT2D eigenvalue weighted by molar-refractivity contribution is -0.144. The summed E-state index contributed by atoms with van der Waals surface area (Å²) in [4.78, 5) is 24.7. The molecule has 1 fully saturated rings. The third-order valence-corrected chi connectivity index (χ3v) is 4.40. The van der Waals surface area contributed by atoms with Gasteiger partial charge in [0.15, 0.2) is 11.5 Å². The lowest BCUT2D eigenvalue weighted by Crippen LogP contribution is -2.41. The number of aromatic hydroxyl groups is 1. The highest BCUT2D eigenvalue weighted by molar-refractivity contribution is 8.26. The number of amides is 1. The van der Waals surface area contributed by atoms with E-state index in [4.69, 9.17) is 22.1 Å². The highest BCUT2D eigenvalue weighted by Crippen LogP contribution is 2.35. The van der Waals surface area contributed by atoms with Gasteiger partial charge in [0, 0.05) is 0 Å². The van der Waals surface area contributed by atoms with Gasteiger partial charge in [-0.15, -0.1) is 0 Å². The lowest BCUT2D eigenvalue weighted by Gasteiger charge is -2.18. The van der Waals surface area contributed by atoms with Crippen LogP contribution in [0.15, 0.2) is 23.1 Å². The fourth-order valence-corrected chi connectivity index (χ4v) is 3.28. The van der Waals surface area contributed by atoms with Gasteiger partial charge in [0.05, 0.1) is 12.0 Å². The van der Waals surface area contributed by atoms with Crippen molar-refractivity contribution in [2.24, 2.45) is 0 Å². The number of hydrogen-bond acceptors (Lipinski definition) is 6. The van der Waals surface area contributed by atoms with Gasteiger partial charge in [-0.3, -0.25) is 9.69 Å². The Morgan fingerprint density at radius 3 is 2.77 bits per heavy atom. The van der Waals surface area contributed by atoms with Crippen LogP contribution in [0.2, 0.25) is 0 Å². The van der Waals surface area contributed by atoms with Crippen molar-refractivity contribution in [3.63, 3.8) is 0 Å². The Bertz CT molecular complexity index is 686. The summed E-state index contributed by atoms with van der Waals surface area (Å²) in [7, 11) is 1.42. The second-order valence-electron chi connectivity index (χ2n) is 4.50. The number of carbonyl (C=O) groups excluding carboxylic acids is 1. The molecule has 6 nitrogen and oxygen atoms in total. The highest BCUT2D eigenvalue weighted by atomic mass is 32.2. The maximum atomic E-state index is 12.3. The van der Waals surface area contributed by atoms with Crippen LogP contribution in [-0.4, -0.2) is 44.5 Å². The molecule has 116 valence electrons. The Hall–Kier alpha value is -2.06. The zero-order chi connectivity index (χ0) is 16.4. The number of carboxylic acid groups (broad SMARTS) is 1.